The van der Waals surface area contributed by atoms with Crippen molar-refractivity contribution in [2.75, 3.05) is 0 Å². The van der Waals surface area contributed by atoms with E-state index in [9.17, 15) is 0 Å². The smallest absolute Gasteiger partial charge is 0.164 e. The summed E-state index contributed by atoms with van der Waals surface area (Å²) < 4.78 is 9.04. The van der Waals surface area contributed by atoms with Gasteiger partial charge >= 0.3 is 0 Å². The molecular weight excluding hydrogens is 667 g/mol. The van der Waals surface area contributed by atoms with E-state index in [-0.39, 0.29) is 5.41 Å². The minimum absolute atomic E-state index is 0.0740. The van der Waals surface area contributed by atoms with Crippen molar-refractivity contribution in [1.82, 2.24) is 15.0 Å². The lowest BCUT2D eigenvalue weighted by atomic mass is 9.82. The summed E-state index contributed by atoms with van der Waals surface area (Å²) in [5.74, 6) is 1.88. The maximum Gasteiger partial charge on any atom is 0.164 e. The predicted molar refractivity (Wildman–Crippen MR) is 219 cm³/mol. The fourth-order valence-corrected chi connectivity index (χ4v) is 9.47. The Morgan fingerprint density at radius 1 is 0.453 bits per heavy atom. The van der Waals surface area contributed by atoms with Crippen LogP contribution in [0.4, 0.5) is 0 Å². The normalized spacial score (nSPS) is 13.2. The number of rotatable bonds is 4. The zero-order valence-electron chi connectivity index (χ0n) is 29.1. The van der Waals surface area contributed by atoms with Gasteiger partial charge in [0.05, 0.1) is 0 Å². The minimum Gasteiger partial charge on any atom is -0.456 e. The van der Waals surface area contributed by atoms with E-state index in [0.29, 0.717) is 17.5 Å². The molecule has 0 bridgehead atoms. The van der Waals surface area contributed by atoms with Crippen LogP contribution in [0.1, 0.15) is 25.0 Å². The van der Waals surface area contributed by atoms with E-state index >= 15 is 0 Å². The van der Waals surface area contributed by atoms with Gasteiger partial charge in [0.1, 0.15) is 11.2 Å². The summed E-state index contributed by atoms with van der Waals surface area (Å²) in [6.07, 6.45) is 0. The highest BCUT2D eigenvalue weighted by Gasteiger charge is 2.36. The van der Waals surface area contributed by atoms with Crippen molar-refractivity contribution >= 4 is 53.4 Å². The summed E-state index contributed by atoms with van der Waals surface area (Å²) in [5, 5.41) is 4.48. The Kier molecular flexibility index (Phi) is 6.43. The van der Waals surface area contributed by atoms with Gasteiger partial charge in [0.15, 0.2) is 17.5 Å². The van der Waals surface area contributed by atoms with Crippen molar-refractivity contribution in [3.05, 3.63) is 163 Å². The molecule has 4 nitrogen and oxygen atoms in total. The van der Waals surface area contributed by atoms with Crippen molar-refractivity contribution < 1.29 is 4.42 Å². The molecule has 3 aromatic heterocycles. The van der Waals surface area contributed by atoms with Gasteiger partial charge in [-0.25, -0.2) is 15.0 Å². The van der Waals surface area contributed by atoms with Crippen LogP contribution < -0.4 is 0 Å². The van der Waals surface area contributed by atoms with Gasteiger partial charge in [0.25, 0.3) is 0 Å². The van der Waals surface area contributed by atoms with Crippen LogP contribution in [0.2, 0.25) is 0 Å². The molecule has 7 aromatic carbocycles. The van der Waals surface area contributed by atoms with Crippen molar-refractivity contribution in [2.24, 2.45) is 0 Å². The topological polar surface area (TPSA) is 51.8 Å². The third-order valence-corrected chi connectivity index (χ3v) is 12.1. The number of thiophene rings is 1. The number of hydrogen-bond acceptors (Lipinski definition) is 5. The van der Waals surface area contributed by atoms with Crippen LogP contribution in [0, 0.1) is 0 Å². The zero-order chi connectivity index (χ0) is 35.3. The van der Waals surface area contributed by atoms with E-state index in [1.54, 1.807) is 0 Å². The molecule has 0 aliphatic heterocycles. The maximum absolute atomic E-state index is 6.53. The molecule has 1 aliphatic carbocycles. The lowest BCUT2D eigenvalue weighted by Gasteiger charge is -2.21. The summed E-state index contributed by atoms with van der Waals surface area (Å²) in [6.45, 7) is 4.65. The first-order valence-corrected chi connectivity index (χ1v) is 18.8. The number of hydrogen-bond donors (Lipinski definition) is 0. The van der Waals surface area contributed by atoms with E-state index in [0.717, 1.165) is 44.2 Å². The van der Waals surface area contributed by atoms with Gasteiger partial charge in [-0.2, -0.15) is 0 Å². The molecule has 0 spiro atoms. The number of benzene rings is 7. The molecular formula is C48H31N3OS. The molecule has 0 amide bonds. The summed E-state index contributed by atoms with van der Waals surface area (Å²) >= 11 is 1.81. The standard InChI is InChI=1S/C48H31N3OS/c1-48(2)37-18-8-6-15-33(37)43-31(16-10-19-38(43)48)29-22-24-39-36(26-29)44-34(17-11-20-40(44)52-39)47-50-45(28-12-4-3-5-13-28)49-46(51-47)30-23-25-42-35(27-30)32-14-7-9-21-41(32)53-42/h3-27H,1-2H3. The highest BCUT2D eigenvalue weighted by atomic mass is 32.1. The Labute approximate surface area is 310 Å². The molecule has 0 saturated carbocycles. The highest BCUT2D eigenvalue weighted by molar-refractivity contribution is 7.25. The molecule has 0 fully saturated rings. The largest absolute Gasteiger partial charge is 0.456 e. The van der Waals surface area contributed by atoms with Crippen LogP contribution in [0.3, 0.4) is 0 Å². The van der Waals surface area contributed by atoms with E-state index in [1.807, 2.05) is 41.7 Å². The van der Waals surface area contributed by atoms with Gasteiger partial charge in [-0.3, -0.25) is 0 Å². The van der Waals surface area contributed by atoms with Crippen LogP contribution in [-0.4, -0.2) is 15.0 Å². The number of fused-ring (bicyclic) bond motifs is 9. The monoisotopic (exact) mass is 697 g/mol. The van der Waals surface area contributed by atoms with Gasteiger partial charge < -0.3 is 4.42 Å². The molecule has 250 valence electrons. The SMILES string of the molecule is CC1(C)c2ccccc2-c2c(-c3ccc4oc5cccc(-c6nc(-c7ccccc7)nc(-c7ccc8sc9ccccc9c8c7)n6)c5c4c3)cccc21. The van der Waals surface area contributed by atoms with Crippen LogP contribution in [0.5, 0.6) is 0 Å². The van der Waals surface area contributed by atoms with Crippen molar-refractivity contribution in [3.63, 3.8) is 0 Å². The second-order valence-electron chi connectivity index (χ2n) is 14.4. The maximum atomic E-state index is 6.53. The zero-order valence-corrected chi connectivity index (χ0v) is 29.9. The molecule has 11 rings (SSSR count). The summed E-state index contributed by atoms with van der Waals surface area (Å²) in [5.41, 5.74) is 12.1. The third-order valence-electron chi connectivity index (χ3n) is 11.0. The first-order valence-electron chi connectivity index (χ1n) is 17.9. The number of furan rings is 1. The molecule has 0 radical (unpaired) electrons. The summed E-state index contributed by atoms with van der Waals surface area (Å²) in [4.78, 5) is 15.4. The van der Waals surface area contributed by atoms with Gasteiger partial charge in [-0.05, 0) is 75.8 Å². The van der Waals surface area contributed by atoms with Crippen molar-refractivity contribution in [2.45, 2.75) is 19.3 Å². The number of aromatic nitrogens is 3. The van der Waals surface area contributed by atoms with Crippen molar-refractivity contribution in [1.29, 1.82) is 0 Å². The number of nitrogens with zero attached hydrogens (tertiary/aromatic N) is 3. The Morgan fingerprint density at radius 3 is 2.02 bits per heavy atom. The molecule has 1 aliphatic rings. The lowest BCUT2D eigenvalue weighted by molar-refractivity contribution is 0.660. The average Bonchev–Trinajstić information content (AvgIpc) is 3.85. The summed E-state index contributed by atoms with van der Waals surface area (Å²) in [7, 11) is 0. The van der Waals surface area contributed by atoms with Gasteiger partial charge in [0, 0.05) is 53.1 Å². The van der Waals surface area contributed by atoms with Crippen LogP contribution in [-0.2, 0) is 5.41 Å². The van der Waals surface area contributed by atoms with Crippen LogP contribution >= 0.6 is 11.3 Å². The fourth-order valence-electron chi connectivity index (χ4n) is 8.38. The second-order valence-corrected chi connectivity index (χ2v) is 15.5. The Hall–Kier alpha value is -6.43. The molecule has 53 heavy (non-hydrogen) atoms. The van der Waals surface area contributed by atoms with Crippen molar-refractivity contribution in [3.8, 4) is 56.4 Å². The predicted octanol–water partition coefficient (Wildman–Crippen LogP) is 13.1. The van der Waals surface area contributed by atoms with Gasteiger partial charge in [0.2, 0.25) is 0 Å². The minimum atomic E-state index is -0.0740. The van der Waals surface area contributed by atoms with E-state index in [2.05, 4.69) is 135 Å². The highest BCUT2D eigenvalue weighted by Crippen LogP contribution is 2.52. The molecule has 3 heterocycles. The fraction of sp³-hybridized carbons (Fsp3) is 0.0625. The average molecular weight is 698 g/mol. The van der Waals surface area contributed by atoms with Gasteiger partial charge in [-0.1, -0.05) is 123 Å². The molecule has 5 heteroatoms. The summed E-state index contributed by atoms with van der Waals surface area (Å²) in [6, 6.07) is 53.6. The molecule has 0 N–H and O–H groups in total. The molecule has 0 unspecified atom stereocenters. The Balaban J connectivity index is 1.13. The Morgan fingerprint density at radius 2 is 1.11 bits per heavy atom. The first kappa shape index (κ1) is 30.2. The quantitative estimate of drug-likeness (QED) is 0.184. The van der Waals surface area contributed by atoms with E-state index in [1.165, 1.54) is 48.0 Å². The molecule has 10 aromatic rings. The lowest BCUT2D eigenvalue weighted by Crippen LogP contribution is -2.14. The van der Waals surface area contributed by atoms with Crippen LogP contribution in [0.25, 0.3) is 98.5 Å². The van der Waals surface area contributed by atoms with E-state index < -0.39 is 0 Å². The molecule has 0 atom stereocenters. The third kappa shape index (κ3) is 4.57. The van der Waals surface area contributed by atoms with E-state index in [4.69, 9.17) is 19.4 Å². The van der Waals surface area contributed by atoms with Gasteiger partial charge in [-0.15, -0.1) is 11.3 Å². The second kappa shape index (κ2) is 11.3. The van der Waals surface area contributed by atoms with Crippen LogP contribution in [0.15, 0.2) is 156 Å². The first-order chi connectivity index (χ1) is 26.0. The molecule has 0 saturated heterocycles. The Bertz CT molecular complexity index is 3100.